The van der Waals surface area contributed by atoms with Gasteiger partial charge in [-0.15, -0.1) is 6.58 Å². The highest BCUT2D eigenvalue weighted by Gasteiger charge is 2.20. The van der Waals surface area contributed by atoms with E-state index in [-0.39, 0.29) is 6.10 Å². The summed E-state index contributed by atoms with van der Waals surface area (Å²) in [5, 5.41) is 4.76. The summed E-state index contributed by atoms with van der Waals surface area (Å²) in [5.41, 5.74) is 1.96. The lowest BCUT2D eigenvalue weighted by molar-refractivity contribution is 0.0684. The van der Waals surface area contributed by atoms with Crippen molar-refractivity contribution in [1.82, 2.24) is 14.8 Å². The molecule has 0 amide bonds. The predicted octanol–water partition coefficient (Wildman–Crippen LogP) is 2.95. The minimum Gasteiger partial charge on any atom is -0.367 e. The highest BCUT2D eigenvalue weighted by Crippen LogP contribution is 2.27. The number of aryl methyl sites for hydroxylation is 1. The fourth-order valence-corrected chi connectivity index (χ4v) is 2.22. The molecule has 2 rings (SSSR count). The first-order chi connectivity index (χ1) is 9.22. The molecule has 0 saturated heterocycles. The first-order valence-electron chi connectivity index (χ1n) is 6.01. The number of nitrogens with zero attached hydrogens (tertiary/aromatic N) is 3. The third-order valence-corrected chi connectivity index (χ3v) is 3.09. The Kier molecular flexibility index (Phi) is 4.71. The van der Waals surface area contributed by atoms with Gasteiger partial charge < -0.3 is 4.74 Å². The van der Waals surface area contributed by atoms with E-state index in [1.807, 2.05) is 25.4 Å². The number of hydrogen-bond acceptors (Lipinski definition) is 3. The zero-order chi connectivity index (χ0) is 13.7. The molecule has 2 aromatic rings. The van der Waals surface area contributed by atoms with Crippen LogP contribution in [0.1, 0.15) is 17.4 Å². The summed E-state index contributed by atoms with van der Waals surface area (Å²) in [6.07, 6.45) is 7.46. The molecule has 0 spiro atoms. The van der Waals surface area contributed by atoms with Crippen LogP contribution in [0.4, 0.5) is 0 Å². The number of rotatable bonds is 6. The molecule has 2 heterocycles. The van der Waals surface area contributed by atoms with Crippen molar-refractivity contribution >= 4 is 11.6 Å². The van der Waals surface area contributed by atoms with E-state index >= 15 is 0 Å². The van der Waals surface area contributed by atoms with Gasteiger partial charge in [-0.05, 0) is 11.6 Å². The second kappa shape index (κ2) is 6.50. The highest BCUT2D eigenvalue weighted by molar-refractivity contribution is 6.31. The van der Waals surface area contributed by atoms with Gasteiger partial charge in [0.2, 0.25) is 0 Å². The molecule has 0 radical (unpaired) electrons. The quantitative estimate of drug-likeness (QED) is 0.762. The van der Waals surface area contributed by atoms with Crippen molar-refractivity contribution in [2.75, 3.05) is 6.61 Å². The Hall–Kier alpha value is -1.65. The average Bonchev–Trinajstić information content (AvgIpc) is 2.75. The highest BCUT2D eigenvalue weighted by atomic mass is 35.5. The molecule has 0 fully saturated rings. The zero-order valence-electron chi connectivity index (χ0n) is 10.8. The molecule has 0 aliphatic heterocycles. The van der Waals surface area contributed by atoms with Gasteiger partial charge in [-0.1, -0.05) is 23.7 Å². The number of halogens is 1. The fourth-order valence-electron chi connectivity index (χ4n) is 1.93. The first-order valence-corrected chi connectivity index (χ1v) is 6.39. The van der Waals surface area contributed by atoms with Crippen LogP contribution >= 0.6 is 11.6 Å². The van der Waals surface area contributed by atoms with E-state index in [0.717, 1.165) is 11.3 Å². The molecule has 5 heteroatoms. The molecule has 0 aliphatic rings. The van der Waals surface area contributed by atoms with Crippen LogP contribution < -0.4 is 0 Å². The van der Waals surface area contributed by atoms with Crippen molar-refractivity contribution in [3.63, 3.8) is 0 Å². The van der Waals surface area contributed by atoms with Gasteiger partial charge in [0.05, 0.1) is 23.5 Å². The second-order valence-corrected chi connectivity index (χ2v) is 4.58. The molecule has 0 saturated carbocycles. The van der Waals surface area contributed by atoms with E-state index in [1.165, 1.54) is 0 Å². The Morgan fingerprint density at radius 1 is 1.53 bits per heavy atom. The van der Waals surface area contributed by atoms with Gasteiger partial charge in [0.1, 0.15) is 6.10 Å². The molecule has 100 valence electrons. The van der Waals surface area contributed by atoms with Crippen molar-refractivity contribution in [3.8, 4) is 0 Å². The molecule has 0 N–H and O–H groups in total. The zero-order valence-corrected chi connectivity index (χ0v) is 11.5. The van der Waals surface area contributed by atoms with Crippen LogP contribution in [0.2, 0.25) is 5.02 Å². The van der Waals surface area contributed by atoms with Crippen molar-refractivity contribution in [2.24, 2.45) is 7.05 Å². The summed E-state index contributed by atoms with van der Waals surface area (Å²) in [5.74, 6) is 0. The summed E-state index contributed by atoms with van der Waals surface area (Å²) in [6, 6.07) is 3.92. The third kappa shape index (κ3) is 3.43. The fraction of sp³-hybridized carbons (Fsp3) is 0.286. The number of aromatic nitrogens is 3. The lowest BCUT2D eigenvalue weighted by Crippen LogP contribution is -2.13. The van der Waals surface area contributed by atoms with Crippen LogP contribution in [0.5, 0.6) is 0 Å². The Bertz CT molecular complexity index is 519. The number of ether oxygens (including phenoxy) is 1. The Balaban J connectivity index is 2.23. The average molecular weight is 278 g/mol. The van der Waals surface area contributed by atoms with Crippen molar-refractivity contribution in [1.29, 1.82) is 0 Å². The van der Waals surface area contributed by atoms with Crippen LogP contribution in [0, 0.1) is 0 Å². The maximum Gasteiger partial charge on any atom is 0.105 e. The van der Waals surface area contributed by atoms with Crippen LogP contribution in [0.25, 0.3) is 0 Å². The van der Waals surface area contributed by atoms with E-state index < -0.39 is 0 Å². The van der Waals surface area contributed by atoms with E-state index in [1.54, 1.807) is 23.2 Å². The molecule has 0 bridgehead atoms. The SMILES string of the molecule is C=CCO[C@H](Cc1cccnc1)c1c(Cl)cnn1C. The summed E-state index contributed by atoms with van der Waals surface area (Å²) < 4.78 is 7.55. The number of hydrogen-bond donors (Lipinski definition) is 0. The Labute approximate surface area is 117 Å². The number of pyridine rings is 1. The lowest BCUT2D eigenvalue weighted by Gasteiger charge is -2.18. The van der Waals surface area contributed by atoms with E-state index in [0.29, 0.717) is 18.1 Å². The van der Waals surface area contributed by atoms with Gasteiger partial charge in [0.15, 0.2) is 0 Å². The van der Waals surface area contributed by atoms with Gasteiger partial charge in [-0.2, -0.15) is 5.10 Å². The summed E-state index contributed by atoms with van der Waals surface area (Å²) in [6.45, 7) is 4.14. The minimum atomic E-state index is -0.165. The topological polar surface area (TPSA) is 39.9 Å². The molecular weight excluding hydrogens is 262 g/mol. The maximum atomic E-state index is 6.18. The first kappa shape index (κ1) is 13.8. The molecule has 1 atom stereocenters. The van der Waals surface area contributed by atoms with Gasteiger partial charge in [0.25, 0.3) is 0 Å². The smallest absolute Gasteiger partial charge is 0.105 e. The van der Waals surface area contributed by atoms with Crippen LogP contribution in [0.3, 0.4) is 0 Å². The van der Waals surface area contributed by atoms with Gasteiger partial charge >= 0.3 is 0 Å². The monoisotopic (exact) mass is 277 g/mol. The van der Waals surface area contributed by atoms with Crippen LogP contribution in [-0.4, -0.2) is 21.4 Å². The van der Waals surface area contributed by atoms with Crippen molar-refractivity contribution < 1.29 is 4.74 Å². The third-order valence-electron chi connectivity index (χ3n) is 2.80. The molecule has 0 unspecified atom stereocenters. The largest absolute Gasteiger partial charge is 0.367 e. The van der Waals surface area contributed by atoms with Crippen LogP contribution in [-0.2, 0) is 18.2 Å². The lowest BCUT2D eigenvalue weighted by atomic mass is 10.1. The molecular formula is C14H16ClN3O. The van der Waals surface area contributed by atoms with E-state index in [9.17, 15) is 0 Å². The molecule has 2 aromatic heterocycles. The molecule has 19 heavy (non-hydrogen) atoms. The molecule has 0 aromatic carbocycles. The summed E-state index contributed by atoms with van der Waals surface area (Å²) >= 11 is 6.18. The van der Waals surface area contributed by atoms with Crippen molar-refractivity contribution in [2.45, 2.75) is 12.5 Å². The molecule has 0 aliphatic carbocycles. The molecule has 4 nitrogen and oxygen atoms in total. The predicted molar refractivity (Wildman–Crippen MR) is 75.0 cm³/mol. The van der Waals surface area contributed by atoms with E-state index in [2.05, 4.69) is 16.7 Å². The van der Waals surface area contributed by atoms with Gasteiger partial charge in [-0.25, -0.2) is 0 Å². The summed E-state index contributed by atoms with van der Waals surface area (Å²) in [7, 11) is 1.86. The Morgan fingerprint density at radius 2 is 2.37 bits per heavy atom. The second-order valence-electron chi connectivity index (χ2n) is 4.18. The standard InChI is InChI=1S/C14H16ClN3O/c1-3-7-19-13(8-11-5-4-6-16-9-11)14-12(15)10-17-18(14)2/h3-6,9-10,13H,1,7-8H2,2H3/t13-/m1/s1. The Morgan fingerprint density at radius 3 is 2.95 bits per heavy atom. The van der Waals surface area contributed by atoms with Gasteiger partial charge in [0, 0.05) is 25.9 Å². The van der Waals surface area contributed by atoms with Crippen LogP contribution in [0.15, 0.2) is 43.4 Å². The maximum absolute atomic E-state index is 6.18. The van der Waals surface area contributed by atoms with Gasteiger partial charge in [-0.3, -0.25) is 9.67 Å². The van der Waals surface area contributed by atoms with E-state index in [4.69, 9.17) is 16.3 Å². The summed E-state index contributed by atoms with van der Waals surface area (Å²) in [4.78, 5) is 4.11. The minimum absolute atomic E-state index is 0.165. The normalized spacial score (nSPS) is 12.3. The van der Waals surface area contributed by atoms with Crippen molar-refractivity contribution in [3.05, 3.63) is 59.7 Å².